The van der Waals surface area contributed by atoms with E-state index in [1.165, 1.54) is 12.1 Å². The molecule has 1 aromatic heterocycles. The number of benzene rings is 2. The fourth-order valence-electron chi connectivity index (χ4n) is 3.07. The average molecular weight is 396 g/mol. The maximum absolute atomic E-state index is 13.7. The van der Waals surface area contributed by atoms with Crippen molar-refractivity contribution in [3.63, 3.8) is 0 Å². The first kappa shape index (κ1) is 18.9. The van der Waals surface area contributed by atoms with Crippen LogP contribution in [0.25, 0.3) is 0 Å². The molecule has 1 aliphatic heterocycles. The van der Waals surface area contributed by atoms with E-state index in [1.807, 2.05) is 36.5 Å². The molecular formula is C21H21FN4O3. The first-order chi connectivity index (χ1) is 14.1. The highest BCUT2D eigenvalue weighted by Gasteiger charge is 2.35. The van der Waals surface area contributed by atoms with Crippen LogP contribution in [0.2, 0.25) is 0 Å². The molecule has 1 fully saturated rings. The Hall–Kier alpha value is -3.42. The minimum Gasteiger partial charge on any atom is -0.487 e. The van der Waals surface area contributed by atoms with Gasteiger partial charge in [-0.3, -0.25) is 4.79 Å². The van der Waals surface area contributed by atoms with Gasteiger partial charge in [0.25, 0.3) is 5.91 Å². The predicted octanol–water partition coefficient (Wildman–Crippen LogP) is 2.85. The molecule has 2 heterocycles. The summed E-state index contributed by atoms with van der Waals surface area (Å²) < 4.78 is 26.6. The van der Waals surface area contributed by atoms with Crippen LogP contribution in [0.15, 0.2) is 60.8 Å². The van der Waals surface area contributed by atoms with Gasteiger partial charge >= 0.3 is 0 Å². The number of amides is 1. The summed E-state index contributed by atoms with van der Waals surface area (Å²) in [4.78, 5) is 14.2. The number of carbonyl (C=O) groups is 1. The number of carbonyl (C=O) groups excluding carboxylic acids is 1. The normalized spacial score (nSPS) is 14.9. The maximum atomic E-state index is 13.7. The van der Waals surface area contributed by atoms with E-state index in [0.717, 1.165) is 11.4 Å². The smallest absolute Gasteiger partial charge is 0.263 e. The lowest BCUT2D eigenvalue weighted by Gasteiger charge is -2.40. The third kappa shape index (κ3) is 4.37. The van der Waals surface area contributed by atoms with Crippen LogP contribution < -0.4 is 9.47 Å². The Kier molecular flexibility index (Phi) is 5.41. The summed E-state index contributed by atoms with van der Waals surface area (Å²) in [6, 6.07) is 15.6. The largest absolute Gasteiger partial charge is 0.487 e. The number of likely N-dealkylation sites (tertiary alicyclic amines) is 1. The van der Waals surface area contributed by atoms with Crippen molar-refractivity contribution in [3.8, 4) is 11.5 Å². The summed E-state index contributed by atoms with van der Waals surface area (Å²) in [7, 11) is 0. The van der Waals surface area contributed by atoms with Crippen molar-refractivity contribution in [2.45, 2.75) is 25.7 Å². The van der Waals surface area contributed by atoms with E-state index in [-0.39, 0.29) is 17.7 Å². The van der Waals surface area contributed by atoms with Crippen LogP contribution in [-0.4, -0.2) is 45.0 Å². The number of ether oxygens (including phenoxy) is 2. The molecule has 150 valence electrons. The summed E-state index contributed by atoms with van der Waals surface area (Å²) in [5, 5.41) is 8.26. The van der Waals surface area contributed by atoms with Gasteiger partial charge in [0, 0.05) is 13.1 Å². The van der Waals surface area contributed by atoms with E-state index < -0.39 is 11.9 Å². The topological polar surface area (TPSA) is 69.5 Å². The molecule has 1 atom stereocenters. The molecule has 29 heavy (non-hydrogen) atoms. The Morgan fingerprint density at radius 1 is 1.17 bits per heavy atom. The van der Waals surface area contributed by atoms with E-state index in [1.54, 1.807) is 28.6 Å². The molecule has 0 unspecified atom stereocenters. The van der Waals surface area contributed by atoms with Gasteiger partial charge < -0.3 is 14.4 Å². The highest BCUT2D eigenvalue weighted by atomic mass is 19.1. The molecule has 3 aromatic rings. The van der Waals surface area contributed by atoms with Gasteiger partial charge in [0.2, 0.25) is 0 Å². The van der Waals surface area contributed by atoms with Gasteiger partial charge in [-0.15, -0.1) is 5.10 Å². The molecule has 1 aliphatic rings. The minimum absolute atomic E-state index is 0.0533. The number of halogens is 1. The van der Waals surface area contributed by atoms with Gasteiger partial charge in [-0.25, -0.2) is 9.07 Å². The lowest BCUT2D eigenvalue weighted by atomic mass is 10.1. The Balaban J connectivity index is 1.27. The van der Waals surface area contributed by atoms with Crippen LogP contribution in [-0.2, 0) is 11.4 Å². The van der Waals surface area contributed by atoms with Crippen LogP contribution in [0.3, 0.4) is 0 Å². The SMILES string of the molecule is C[C@H](Oc1ccccc1F)C(=O)N1CC(n2cc(COc3ccccc3)nn2)C1. The molecule has 8 heteroatoms. The molecule has 0 spiro atoms. The fourth-order valence-corrected chi connectivity index (χ4v) is 3.07. The van der Waals surface area contributed by atoms with Gasteiger partial charge in [-0.1, -0.05) is 35.5 Å². The van der Waals surface area contributed by atoms with Crippen LogP contribution >= 0.6 is 0 Å². The first-order valence-corrected chi connectivity index (χ1v) is 9.38. The quantitative estimate of drug-likeness (QED) is 0.614. The Labute approximate surface area is 167 Å². The highest BCUT2D eigenvalue weighted by molar-refractivity contribution is 5.81. The zero-order chi connectivity index (χ0) is 20.2. The second-order valence-corrected chi connectivity index (χ2v) is 6.88. The average Bonchev–Trinajstić information content (AvgIpc) is 3.16. The lowest BCUT2D eigenvalue weighted by Crippen LogP contribution is -2.54. The Morgan fingerprint density at radius 2 is 1.90 bits per heavy atom. The molecule has 4 rings (SSSR count). The number of hydrogen-bond donors (Lipinski definition) is 0. The highest BCUT2D eigenvalue weighted by Crippen LogP contribution is 2.23. The third-order valence-corrected chi connectivity index (χ3v) is 4.72. The zero-order valence-electron chi connectivity index (χ0n) is 15.9. The van der Waals surface area contributed by atoms with Crippen LogP contribution in [0.1, 0.15) is 18.7 Å². The fraction of sp³-hybridized carbons (Fsp3) is 0.286. The summed E-state index contributed by atoms with van der Waals surface area (Å²) in [5.41, 5.74) is 0.717. The zero-order valence-corrected chi connectivity index (χ0v) is 15.9. The molecule has 1 saturated heterocycles. The Morgan fingerprint density at radius 3 is 2.66 bits per heavy atom. The van der Waals surface area contributed by atoms with Crippen molar-refractivity contribution in [2.24, 2.45) is 0 Å². The second kappa shape index (κ2) is 8.30. The molecule has 0 saturated carbocycles. The van der Waals surface area contributed by atoms with Crippen LogP contribution in [0, 0.1) is 5.82 Å². The second-order valence-electron chi connectivity index (χ2n) is 6.88. The maximum Gasteiger partial charge on any atom is 0.263 e. The molecule has 1 amide bonds. The third-order valence-electron chi connectivity index (χ3n) is 4.72. The van der Waals surface area contributed by atoms with Crippen molar-refractivity contribution < 1.29 is 18.7 Å². The number of aromatic nitrogens is 3. The van der Waals surface area contributed by atoms with Crippen LogP contribution in [0.4, 0.5) is 4.39 Å². The van der Waals surface area contributed by atoms with Crippen LogP contribution in [0.5, 0.6) is 11.5 Å². The first-order valence-electron chi connectivity index (χ1n) is 9.38. The van der Waals surface area contributed by atoms with Gasteiger partial charge in [-0.2, -0.15) is 0 Å². The van der Waals surface area contributed by atoms with Gasteiger partial charge in [-0.05, 0) is 31.2 Å². The van der Waals surface area contributed by atoms with E-state index in [0.29, 0.717) is 19.7 Å². The summed E-state index contributed by atoms with van der Waals surface area (Å²) in [6.45, 7) is 2.96. The molecule has 0 aliphatic carbocycles. The van der Waals surface area contributed by atoms with Gasteiger partial charge in [0.15, 0.2) is 17.7 Å². The molecule has 0 bridgehead atoms. The molecule has 0 N–H and O–H groups in total. The monoisotopic (exact) mass is 396 g/mol. The number of rotatable bonds is 7. The number of nitrogens with zero attached hydrogens (tertiary/aromatic N) is 4. The van der Waals surface area contributed by atoms with E-state index in [9.17, 15) is 9.18 Å². The lowest BCUT2D eigenvalue weighted by molar-refractivity contribution is -0.144. The molecule has 7 nitrogen and oxygen atoms in total. The van der Waals surface area contributed by atoms with Crippen molar-refractivity contribution >= 4 is 5.91 Å². The number of hydrogen-bond acceptors (Lipinski definition) is 5. The minimum atomic E-state index is -0.765. The van der Waals surface area contributed by atoms with Gasteiger partial charge in [0.05, 0.1) is 12.2 Å². The molecular weight excluding hydrogens is 375 g/mol. The molecule has 0 radical (unpaired) electrons. The van der Waals surface area contributed by atoms with Gasteiger partial charge in [0.1, 0.15) is 18.1 Å². The van der Waals surface area contributed by atoms with Crippen molar-refractivity contribution in [1.29, 1.82) is 0 Å². The summed E-state index contributed by atoms with van der Waals surface area (Å²) >= 11 is 0. The number of para-hydroxylation sites is 2. The summed E-state index contributed by atoms with van der Waals surface area (Å²) in [5.74, 6) is 0.176. The van der Waals surface area contributed by atoms with E-state index in [4.69, 9.17) is 9.47 Å². The summed E-state index contributed by atoms with van der Waals surface area (Å²) in [6.07, 6.45) is 1.06. The van der Waals surface area contributed by atoms with E-state index in [2.05, 4.69) is 10.3 Å². The Bertz CT molecular complexity index is 973. The molecule has 2 aromatic carbocycles. The standard InChI is InChI=1S/C21H21FN4O3/c1-15(29-20-10-6-5-9-19(20)22)21(27)25-12-17(13-25)26-11-16(23-24-26)14-28-18-7-3-2-4-8-18/h2-11,15,17H,12-14H2,1H3/t15-/m0/s1. The van der Waals surface area contributed by atoms with Crippen molar-refractivity contribution in [1.82, 2.24) is 19.9 Å². The van der Waals surface area contributed by atoms with E-state index >= 15 is 0 Å². The van der Waals surface area contributed by atoms with Crippen molar-refractivity contribution in [2.75, 3.05) is 13.1 Å². The van der Waals surface area contributed by atoms with Crippen molar-refractivity contribution in [3.05, 3.63) is 72.3 Å². The predicted molar refractivity (Wildman–Crippen MR) is 103 cm³/mol.